The predicted molar refractivity (Wildman–Crippen MR) is 113 cm³/mol. The van der Waals surface area contributed by atoms with Crippen LogP contribution in [0.4, 0.5) is 5.82 Å². The number of piperazine rings is 1. The fourth-order valence-corrected chi connectivity index (χ4v) is 4.27. The lowest BCUT2D eigenvalue weighted by Gasteiger charge is -2.39. The number of carbonyl (C=O) groups excluding carboxylic acids is 2. The molecule has 0 bridgehead atoms. The summed E-state index contributed by atoms with van der Waals surface area (Å²) in [6.07, 6.45) is 6.28. The molecular weight excluding hydrogens is 412 g/mol. The Labute approximate surface area is 184 Å². The lowest BCUT2D eigenvalue weighted by Crippen LogP contribution is -2.53. The Bertz CT molecular complexity index is 1040. The molecule has 5 rings (SSSR count). The maximum atomic E-state index is 13.2. The fraction of sp³-hybridized carbons (Fsp3) is 0.429. The van der Waals surface area contributed by atoms with Gasteiger partial charge in [0.15, 0.2) is 17.4 Å². The molecule has 0 aliphatic carbocycles. The number of piperidine rings is 1. The SMILES string of the molecule is O=C(c1ccco1)N1CCN(C(=O)C2CCCN(c3ccc(-n4cncn4)nn3)C2)CC1. The van der Waals surface area contributed by atoms with Crippen molar-refractivity contribution in [3.63, 3.8) is 0 Å². The van der Waals surface area contributed by atoms with Crippen LogP contribution in [-0.2, 0) is 4.79 Å². The quantitative estimate of drug-likeness (QED) is 0.592. The summed E-state index contributed by atoms with van der Waals surface area (Å²) in [4.78, 5) is 35.2. The van der Waals surface area contributed by atoms with Gasteiger partial charge in [0, 0.05) is 39.3 Å². The Morgan fingerprint density at radius 2 is 1.75 bits per heavy atom. The molecular formula is C21H24N8O3. The number of aromatic nitrogens is 5. The number of furan rings is 1. The highest BCUT2D eigenvalue weighted by Gasteiger charge is 2.33. The van der Waals surface area contributed by atoms with Crippen LogP contribution in [0.2, 0.25) is 0 Å². The second-order valence-electron chi connectivity index (χ2n) is 7.97. The van der Waals surface area contributed by atoms with E-state index < -0.39 is 0 Å². The van der Waals surface area contributed by atoms with Crippen LogP contribution in [0.15, 0.2) is 47.6 Å². The lowest BCUT2D eigenvalue weighted by molar-refractivity contribution is -0.137. The topological polar surface area (TPSA) is 113 Å². The van der Waals surface area contributed by atoms with Crippen LogP contribution in [0, 0.1) is 5.92 Å². The minimum absolute atomic E-state index is 0.0899. The summed E-state index contributed by atoms with van der Waals surface area (Å²) >= 11 is 0. The van der Waals surface area contributed by atoms with Crippen molar-refractivity contribution >= 4 is 17.6 Å². The lowest BCUT2D eigenvalue weighted by atomic mass is 9.96. The summed E-state index contributed by atoms with van der Waals surface area (Å²) < 4.78 is 6.76. The normalized spacial score (nSPS) is 19.2. The molecule has 2 saturated heterocycles. The summed E-state index contributed by atoms with van der Waals surface area (Å²) in [6.45, 7) is 3.55. The number of hydrogen-bond donors (Lipinski definition) is 0. The molecule has 2 aliphatic heterocycles. The third-order valence-electron chi connectivity index (χ3n) is 6.00. The van der Waals surface area contributed by atoms with Crippen molar-refractivity contribution in [1.29, 1.82) is 0 Å². The fourth-order valence-electron chi connectivity index (χ4n) is 4.27. The maximum absolute atomic E-state index is 13.2. The Morgan fingerprint density at radius 3 is 2.44 bits per heavy atom. The summed E-state index contributed by atoms with van der Waals surface area (Å²) in [6, 6.07) is 7.11. The van der Waals surface area contributed by atoms with Gasteiger partial charge in [-0.05, 0) is 37.1 Å². The summed E-state index contributed by atoms with van der Waals surface area (Å²) in [5.74, 6) is 1.61. The van der Waals surface area contributed by atoms with Crippen LogP contribution in [0.3, 0.4) is 0 Å². The van der Waals surface area contributed by atoms with E-state index in [4.69, 9.17) is 4.42 Å². The molecule has 0 spiro atoms. The molecule has 166 valence electrons. The van der Waals surface area contributed by atoms with Gasteiger partial charge in [-0.1, -0.05) is 0 Å². The first kappa shape index (κ1) is 20.2. The van der Waals surface area contributed by atoms with Gasteiger partial charge in [-0.3, -0.25) is 9.59 Å². The van der Waals surface area contributed by atoms with Crippen LogP contribution in [0.1, 0.15) is 23.4 Å². The largest absolute Gasteiger partial charge is 0.459 e. The van der Waals surface area contributed by atoms with Crippen molar-refractivity contribution < 1.29 is 14.0 Å². The Hall–Kier alpha value is -3.76. The second kappa shape index (κ2) is 8.77. The van der Waals surface area contributed by atoms with E-state index in [9.17, 15) is 9.59 Å². The van der Waals surface area contributed by atoms with E-state index in [-0.39, 0.29) is 17.7 Å². The van der Waals surface area contributed by atoms with Crippen molar-refractivity contribution in [2.45, 2.75) is 12.8 Å². The molecule has 2 aliphatic rings. The zero-order valence-electron chi connectivity index (χ0n) is 17.6. The first-order valence-electron chi connectivity index (χ1n) is 10.7. The molecule has 3 aromatic heterocycles. The van der Waals surface area contributed by atoms with E-state index in [1.54, 1.807) is 28.0 Å². The van der Waals surface area contributed by atoms with Gasteiger partial charge in [-0.15, -0.1) is 10.2 Å². The van der Waals surface area contributed by atoms with Gasteiger partial charge in [-0.25, -0.2) is 9.67 Å². The van der Waals surface area contributed by atoms with E-state index in [2.05, 4.69) is 25.2 Å². The van der Waals surface area contributed by atoms with Crippen LogP contribution in [0.5, 0.6) is 0 Å². The third kappa shape index (κ3) is 4.05. The van der Waals surface area contributed by atoms with Gasteiger partial charge in [0.2, 0.25) is 5.91 Å². The van der Waals surface area contributed by atoms with Gasteiger partial charge in [0.05, 0.1) is 12.2 Å². The van der Waals surface area contributed by atoms with Crippen molar-refractivity contribution in [2.24, 2.45) is 5.92 Å². The zero-order valence-corrected chi connectivity index (χ0v) is 17.6. The van der Waals surface area contributed by atoms with Crippen LogP contribution >= 0.6 is 0 Å². The molecule has 3 aromatic rings. The molecule has 0 saturated carbocycles. The second-order valence-corrected chi connectivity index (χ2v) is 7.97. The number of hydrogen-bond acceptors (Lipinski definition) is 8. The number of nitrogens with zero attached hydrogens (tertiary/aromatic N) is 8. The van der Waals surface area contributed by atoms with Gasteiger partial charge in [-0.2, -0.15) is 5.10 Å². The summed E-state index contributed by atoms with van der Waals surface area (Å²) in [5.41, 5.74) is 0. The van der Waals surface area contributed by atoms with Crippen LogP contribution in [0.25, 0.3) is 5.82 Å². The maximum Gasteiger partial charge on any atom is 0.289 e. The zero-order chi connectivity index (χ0) is 21.9. The molecule has 11 nitrogen and oxygen atoms in total. The highest BCUT2D eigenvalue weighted by Crippen LogP contribution is 2.24. The Balaban J connectivity index is 1.18. The van der Waals surface area contributed by atoms with E-state index in [1.165, 1.54) is 12.6 Å². The summed E-state index contributed by atoms with van der Waals surface area (Å²) in [5, 5.41) is 12.6. The highest BCUT2D eigenvalue weighted by atomic mass is 16.3. The van der Waals surface area contributed by atoms with Crippen molar-refractivity contribution in [3.05, 3.63) is 48.9 Å². The van der Waals surface area contributed by atoms with E-state index in [1.807, 2.05) is 17.0 Å². The molecule has 32 heavy (non-hydrogen) atoms. The van der Waals surface area contributed by atoms with E-state index >= 15 is 0 Å². The Morgan fingerprint density at radius 1 is 0.969 bits per heavy atom. The average molecular weight is 436 g/mol. The number of anilines is 1. The molecule has 0 aromatic carbocycles. The first-order chi connectivity index (χ1) is 15.7. The molecule has 1 atom stereocenters. The van der Waals surface area contributed by atoms with Gasteiger partial charge in [0.1, 0.15) is 12.7 Å². The summed E-state index contributed by atoms with van der Waals surface area (Å²) in [7, 11) is 0. The number of rotatable bonds is 4. The monoisotopic (exact) mass is 436 g/mol. The Kier molecular flexibility index (Phi) is 5.53. The molecule has 0 radical (unpaired) electrons. The number of carbonyl (C=O) groups is 2. The molecule has 1 unspecified atom stereocenters. The highest BCUT2D eigenvalue weighted by molar-refractivity contribution is 5.91. The minimum Gasteiger partial charge on any atom is -0.459 e. The average Bonchev–Trinajstić information content (AvgIpc) is 3.58. The molecule has 0 N–H and O–H groups in total. The van der Waals surface area contributed by atoms with Gasteiger partial charge < -0.3 is 19.1 Å². The molecule has 2 fully saturated rings. The van der Waals surface area contributed by atoms with Gasteiger partial charge >= 0.3 is 0 Å². The smallest absolute Gasteiger partial charge is 0.289 e. The van der Waals surface area contributed by atoms with E-state index in [0.29, 0.717) is 44.3 Å². The van der Waals surface area contributed by atoms with Crippen LogP contribution < -0.4 is 4.90 Å². The van der Waals surface area contributed by atoms with Crippen molar-refractivity contribution in [3.8, 4) is 5.82 Å². The first-order valence-corrected chi connectivity index (χ1v) is 10.7. The predicted octanol–water partition coefficient (Wildman–Crippen LogP) is 0.851. The molecule has 11 heteroatoms. The standard InChI is InChI=1S/C21H24N8O3/c30-20(26-8-10-27(11-9-26)21(31)17-4-2-12-32-17)16-3-1-7-28(13-16)18-5-6-19(25-24-18)29-15-22-14-23-29/h2,4-6,12,14-16H,1,3,7-11,13H2. The molecule has 5 heterocycles. The van der Waals surface area contributed by atoms with Crippen LogP contribution in [-0.4, -0.2) is 85.8 Å². The van der Waals surface area contributed by atoms with Crippen molar-refractivity contribution in [1.82, 2.24) is 34.8 Å². The van der Waals surface area contributed by atoms with E-state index in [0.717, 1.165) is 25.2 Å². The third-order valence-corrected chi connectivity index (χ3v) is 6.00. The van der Waals surface area contributed by atoms with Gasteiger partial charge in [0.25, 0.3) is 5.91 Å². The minimum atomic E-state index is -0.126. The molecule has 2 amide bonds. The number of amides is 2. The van der Waals surface area contributed by atoms with Crippen molar-refractivity contribution in [2.75, 3.05) is 44.2 Å².